The number of aromatic nitrogens is 3. The molecule has 1 aliphatic rings. The minimum atomic E-state index is -0.588. The van der Waals surface area contributed by atoms with E-state index < -0.39 is 17.7 Å². The lowest BCUT2D eigenvalue weighted by Gasteiger charge is -2.25. The van der Waals surface area contributed by atoms with Gasteiger partial charge in [0.05, 0.1) is 32.9 Å². The maximum Gasteiger partial charge on any atom is 0.408 e. The Hall–Kier alpha value is -5.06. The van der Waals surface area contributed by atoms with Crippen molar-refractivity contribution in [2.24, 2.45) is 0 Å². The molecule has 5 rings (SSSR count). The highest BCUT2D eigenvalue weighted by Gasteiger charge is 2.25. The van der Waals surface area contributed by atoms with E-state index in [9.17, 15) is 9.59 Å². The summed E-state index contributed by atoms with van der Waals surface area (Å²) in [6, 6.07) is 12.6. The zero-order chi connectivity index (χ0) is 32.1. The molecule has 4 aromatic rings. The van der Waals surface area contributed by atoms with Gasteiger partial charge in [0, 0.05) is 36.1 Å². The molecule has 1 atom stereocenters. The topological polar surface area (TPSA) is 125 Å². The van der Waals surface area contributed by atoms with Crippen LogP contribution in [0.4, 0.5) is 10.6 Å². The number of esters is 1. The van der Waals surface area contributed by atoms with Gasteiger partial charge in [0.15, 0.2) is 5.82 Å². The highest BCUT2D eigenvalue weighted by atomic mass is 16.6. The predicted octanol–water partition coefficient (Wildman–Crippen LogP) is 6.27. The number of hydrogen-bond donors (Lipinski definition) is 2. The Balaban J connectivity index is 1.55. The number of carbonyl (C=O) groups excluding carboxylic acids is 2. The van der Waals surface area contributed by atoms with E-state index in [2.05, 4.69) is 16.7 Å². The summed E-state index contributed by atoms with van der Waals surface area (Å²) < 4.78 is 23.3. The van der Waals surface area contributed by atoms with Gasteiger partial charge >= 0.3 is 12.1 Å². The summed E-state index contributed by atoms with van der Waals surface area (Å²) in [5.74, 6) is 2.36. The van der Waals surface area contributed by atoms with Gasteiger partial charge in [-0.3, -0.25) is 4.40 Å². The lowest BCUT2D eigenvalue weighted by Crippen LogP contribution is -2.39. The molecule has 0 saturated carbocycles. The molecular weight excluding hydrogens is 574 g/mol. The second-order valence-electron chi connectivity index (χ2n) is 11.7. The smallest absolute Gasteiger partial charge is 0.408 e. The van der Waals surface area contributed by atoms with Crippen molar-refractivity contribution in [2.75, 3.05) is 26.6 Å². The highest BCUT2D eigenvalue weighted by molar-refractivity contribution is 5.92. The maximum absolute atomic E-state index is 12.5. The van der Waals surface area contributed by atoms with Crippen LogP contribution in [-0.2, 0) is 16.0 Å². The largest absolute Gasteiger partial charge is 0.497 e. The second-order valence-corrected chi connectivity index (χ2v) is 11.7. The van der Waals surface area contributed by atoms with E-state index in [4.69, 9.17) is 28.9 Å². The lowest BCUT2D eigenvalue weighted by atomic mass is 9.95. The average molecular weight is 614 g/mol. The summed E-state index contributed by atoms with van der Waals surface area (Å²) >= 11 is 0. The number of hydrogen-bond acceptors (Lipinski definition) is 9. The van der Waals surface area contributed by atoms with E-state index in [1.165, 1.54) is 7.11 Å². The van der Waals surface area contributed by atoms with Crippen molar-refractivity contribution in [3.63, 3.8) is 0 Å². The van der Waals surface area contributed by atoms with Gasteiger partial charge in [0.25, 0.3) is 0 Å². The monoisotopic (exact) mass is 613 g/mol. The molecule has 1 aliphatic carbocycles. The third-order valence-electron chi connectivity index (χ3n) is 7.43. The molecule has 11 nitrogen and oxygen atoms in total. The summed E-state index contributed by atoms with van der Waals surface area (Å²) in [5.41, 5.74) is 4.06. The minimum Gasteiger partial charge on any atom is -0.497 e. The Morgan fingerprint density at radius 1 is 1.04 bits per heavy atom. The quantitative estimate of drug-likeness (QED) is 0.210. The molecule has 2 heterocycles. The lowest BCUT2D eigenvalue weighted by molar-refractivity contribution is 0.0510. The molecule has 236 valence electrons. The first-order chi connectivity index (χ1) is 21.6. The number of anilines is 1. The fraction of sp³-hybridized carbons (Fsp3) is 0.353. The molecule has 0 saturated heterocycles. The van der Waals surface area contributed by atoms with E-state index in [1.807, 2.05) is 61.7 Å². The summed E-state index contributed by atoms with van der Waals surface area (Å²) in [5, 5.41) is 6.47. The Morgan fingerprint density at radius 3 is 2.51 bits per heavy atom. The first-order valence-electron chi connectivity index (χ1n) is 14.8. The molecule has 1 amide bonds. The van der Waals surface area contributed by atoms with Crippen molar-refractivity contribution in [3.8, 4) is 22.8 Å². The summed E-state index contributed by atoms with van der Waals surface area (Å²) in [6.07, 6.45) is 7.69. The van der Waals surface area contributed by atoms with Gasteiger partial charge in [-0.15, -0.1) is 0 Å². The number of methoxy groups -OCH3 is 3. The van der Waals surface area contributed by atoms with Crippen LogP contribution >= 0.6 is 0 Å². The molecular formula is C34H39N5O6. The number of imidazole rings is 1. The Kier molecular flexibility index (Phi) is 9.26. The maximum atomic E-state index is 12.5. The number of ether oxygens (including phenoxy) is 4. The Labute approximate surface area is 262 Å². The van der Waals surface area contributed by atoms with Crippen LogP contribution in [-0.4, -0.2) is 59.4 Å². The number of allylic oxidation sites excluding steroid dienone is 1. The SMILES string of the molecule is COC(=O)c1ccc(-c2nc(C3=CC(NC(=O)OC(C)(C)C)CCC3)n3ccnc(NCc4ccc(OC)cc4OC)c23)cc1. The standard InChI is InChI=1S/C34H39N5O6/c1-34(2,3)45-33(41)37-25-9-7-8-23(18-25)31-38-28(21-10-12-22(13-11-21)32(40)44-6)29-30(35-16-17-39(29)31)36-20-24-14-15-26(42-4)19-27(24)43-5/h10-19,25H,7-9,20H2,1-6H3,(H,35,36)(H,37,41). The number of carbonyl (C=O) groups is 2. The van der Waals surface area contributed by atoms with Crippen molar-refractivity contribution >= 4 is 29.0 Å². The molecule has 11 heteroatoms. The van der Waals surface area contributed by atoms with Crippen LogP contribution in [0.15, 0.2) is 60.9 Å². The molecule has 0 fully saturated rings. The van der Waals surface area contributed by atoms with E-state index in [0.29, 0.717) is 35.1 Å². The van der Waals surface area contributed by atoms with Crippen LogP contribution in [0.3, 0.4) is 0 Å². The third-order valence-corrected chi connectivity index (χ3v) is 7.43. The Morgan fingerprint density at radius 2 is 1.82 bits per heavy atom. The second kappa shape index (κ2) is 13.3. The Bertz CT molecular complexity index is 1720. The van der Waals surface area contributed by atoms with Crippen LogP contribution in [0.2, 0.25) is 0 Å². The van der Waals surface area contributed by atoms with Crippen LogP contribution in [0.1, 0.15) is 61.8 Å². The van der Waals surface area contributed by atoms with Crippen molar-refractivity contribution in [3.05, 3.63) is 77.9 Å². The molecule has 0 spiro atoms. The van der Waals surface area contributed by atoms with Crippen LogP contribution in [0.5, 0.6) is 11.5 Å². The molecule has 0 radical (unpaired) electrons. The van der Waals surface area contributed by atoms with Gasteiger partial charge < -0.3 is 29.6 Å². The van der Waals surface area contributed by atoms with Gasteiger partial charge in [-0.25, -0.2) is 19.6 Å². The fourth-order valence-electron chi connectivity index (χ4n) is 5.34. The minimum absolute atomic E-state index is 0.194. The van der Waals surface area contributed by atoms with Crippen molar-refractivity contribution in [1.29, 1.82) is 0 Å². The van der Waals surface area contributed by atoms with Crippen molar-refractivity contribution in [1.82, 2.24) is 19.7 Å². The van der Waals surface area contributed by atoms with Crippen molar-refractivity contribution in [2.45, 2.75) is 58.2 Å². The molecule has 2 N–H and O–H groups in total. The van der Waals surface area contributed by atoms with Gasteiger partial charge in [-0.2, -0.15) is 0 Å². The average Bonchev–Trinajstić information content (AvgIpc) is 3.43. The molecule has 0 bridgehead atoms. The zero-order valence-corrected chi connectivity index (χ0v) is 26.5. The van der Waals surface area contributed by atoms with Crippen LogP contribution in [0, 0.1) is 0 Å². The summed E-state index contributed by atoms with van der Waals surface area (Å²) in [6.45, 7) is 5.96. The first-order valence-corrected chi connectivity index (χ1v) is 14.8. The van der Waals surface area contributed by atoms with Crippen molar-refractivity contribution < 1.29 is 28.5 Å². The van der Waals surface area contributed by atoms with Gasteiger partial charge in [-0.05, 0) is 69.9 Å². The van der Waals surface area contributed by atoms with Crippen LogP contribution in [0.25, 0.3) is 22.3 Å². The zero-order valence-electron chi connectivity index (χ0n) is 26.5. The number of nitrogens with one attached hydrogen (secondary N) is 2. The molecule has 0 aliphatic heterocycles. The van der Waals surface area contributed by atoms with Gasteiger partial charge in [0.1, 0.15) is 34.1 Å². The van der Waals surface area contributed by atoms with Gasteiger partial charge in [-0.1, -0.05) is 18.2 Å². The highest BCUT2D eigenvalue weighted by Crippen LogP contribution is 2.35. The molecule has 2 aromatic carbocycles. The van der Waals surface area contributed by atoms with Gasteiger partial charge in [0.2, 0.25) is 0 Å². The normalized spacial score (nSPS) is 14.8. The number of fused-ring (bicyclic) bond motifs is 1. The number of nitrogens with zero attached hydrogens (tertiary/aromatic N) is 3. The predicted molar refractivity (Wildman–Crippen MR) is 172 cm³/mol. The molecule has 45 heavy (non-hydrogen) atoms. The fourth-order valence-corrected chi connectivity index (χ4v) is 5.34. The molecule has 1 unspecified atom stereocenters. The summed E-state index contributed by atoms with van der Waals surface area (Å²) in [4.78, 5) is 34.5. The van der Waals surface area contributed by atoms with E-state index in [1.54, 1.807) is 32.5 Å². The van der Waals surface area contributed by atoms with E-state index >= 15 is 0 Å². The van der Waals surface area contributed by atoms with E-state index in [0.717, 1.165) is 47.3 Å². The van der Waals surface area contributed by atoms with E-state index in [-0.39, 0.29) is 6.04 Å². The molecule has 2 aromatic heterocycles. The third kappa shape index (κ3) is 7.19. The number of amides is 1. The number of benzene rings is 2. The number of alkyl carbamates (subject to hydrolysis) is 1. The number of rotatable bonds is 9. The summed E-state index contributed by atoms with van der Waals surface area (Å²) in [7, 11) is 4.60. The first kappa shape index (κ1) is 31.4. The van der Waals surface area contributed by atoms with Crippen LogP contribution < -0.4 is 20.1 Å².